The lowest BCUT2D eigenvalue weighted by molar-refractivity contribution is -0.138. The van der Waals surface area contributed by atoms with E-state index in [0.29, 0.717) is 36.3 Å². The van der Waals surface area contributed by atoms with E-state index in [1.165, 1.54) is 36.4 Å². The minimum atomic E-state index is -4.56. The number of allylic oxidation sites excluding steroid dienone is 1. The molecule has 1 aliphatic heterocycles. The number of furan rings is 1. The third-order valence-electron chi connectivity index (χ3n) is 6.15. The molecule has 0 bridgehead atoms. The van der Waals surface area contributed by atoms with Crippen LogP contribution in [0.5, 0.6) is 0 Å². The van der Waals surface area contributed by atoms with Crippen LogP contribution in [-0.4, -0.2) is 11.4 Å². The second-order valence-corrected chi connectivity index (χ2v) is 8.88. The molecule has 2 nitrogen and oxygen atoms in total. The molecule has 0 aliphatic carbocycles. The van der Waals surface area contributed by atoms with Gasteiger partial charge in [0.1, 0.15) is 17.6 Å². The van der Waals surface area contributed by atoms with Crippen molar-refractivity contribution in [3.05, 3.63) is 102 Å². The molecule has 0 spiro atoms. The summed E-state index contributed by atoms with van der Waals surface area (Å²) in [4.78, 5) is 2.01. The maximum Gasteiger partial charge on any atom is 0.417 e. The van der Waals surface area contributed by atoms with Crippen LogP contribution in [0.4, 0.5) is 26.3 Å². The third kappa shape index (κ3) is 6.11. The number of hydrogen-bond donors (Lipinski definition) is 0. The molecular formula is C29H24F6NO. The van der Waals surface area contributed by atoms with Crippen LogP contribution in [0.1, 0.15) is 54.3 Å². The second-order valence-electron chi connectivity index (χ2n) is 8.88. The highest BCUT2D eigenvalue weighted by atomic mass is 19.4. The van der Waals surface area contributed by atoms with Crippen molar-refractivity contribution in [2.45, 2.75) is 44.2 Å². The summed E-state index contributed by atoms with van der Waals surface area (Å²) in [7, 11) is 0. The Labute approximate surface area is 211 Å². The predicted molar refractivity (Wildman–Crippen MR) is 129 cm³/mol. The van der Waals surface area contributed by atoms with E-state index in [0.717, 1.165) is 18.2 Å². The van der Waals surface area contributed by atoms with Crippen LogP contribution >= 0.6 is 0 Å². The predicted octanol–water partition coefficient (Wildman–Crippen LogP) is 8.65. The summed E-state index contributed by atoms with van der Waals surface area (Å²) in [6.07, 6.45) is -5.65. The summed E-state index contributed by atoms with van der Waals surface area (Å²) in [6, 6.07) is 12.3. The fraction of sp³-hybridized carbons (Fsp3) is 0.276. The highest BCUT2D eigenvalue weighted by Gasteiger charge is 2.36. The van der Waals surface area contributed by atoms with Crippen LogP contribution in [0.3, 0.4) is 0 Å². The van der Waals surface area contributed by atoms with E-state index in [1.807, 2.05) is 4.90 Å². The standard InChI is InChI=1S/C29H24F6NO/c1-19(2)10-15-25(27-17-16-26(37-27)22-7-3-4-8-23(22)29(33,34)35)36-18-6-5-9-24(36)20-11-13-21(14-12-20)28(30,31)32/h3-5,7-8,11-14,16-17,24-25H,1,6,9,18H2,2H3/t24-,25+/m0/s1. The number of alkyl halides is 6. The van der Waals surface area contributed by atoms with E-state index in [4.69, 9.17) is 4.42 Å². The lowest BCUT2D eigenvalue weighted by Crippen LogP contribution is -2.36. The Balaban J connectivity index is 1.73. The van der Waals surface area contributed by atoms with Crippen molar-refractivity contribution in [2.24, 2.45) is 0 Å². The summed E-state index contributed by atoms with van der Waals surface area (Å²) in [5.74, 6) is 6.46. The summed E-state index contributed by atoms with van der Waals surface area (Å²) in [5, 5.41) is 0. The van der Waals surface area contributed by atoms with Crippen LogP contribution in [-0.2, 0) is 12.4 Å². The molecule has 0 amide bonds. The second kappa shape index (κ2) is 10.5. The number of hydrogen-bond acceptors (Lipinski definition) is 2. The summed E-state index contributed by atoms with van der Waals surface area (Å²) in [5.41, 5.74) is -0.357. The first-order valence-corrected chi connectivity index (χ1v) is 11.6. The number of piperidine rings is 1. The van der Waals surface area contributed by atoms with Gasteiger partial charge in [-0.2, -0.15) is 26.3 Å². The maximum absolute atomic E-state index is 13.6. The molecule has 1 radical (unpaired) electrons. The fourth-order valence-corrected chi connectivity index (χ4v) is 4.44. The smallest absolute Gasteiger partial charge is 0.417 e. The lowest BCUT2D eigenvalue weighted by Gasteiger charge is -2.38. The fourth-order valence-electron chi connectivity index (χ4n) is 4.44. The number of benzene rings is 2. The van der Waals surface area contributed by atoms with Gasteiger partial charge in [-0.15, -0.1) is 0 Å². The quantitative estimate of drug-likeness (QED) is 0.255. The summed E-state index contributed by atoms with van der Waals surface area (Å²) >= 11 is 0. The van der Waals surface area contributed by atoms with Gasteiger partial charge < -0.3 is 4.42 Å². The zero-order valence-corrected chi connectivity index (χ0v) is 20.0. The molecule has 3 aromatic rings. The normalized spacial score (nSPS) is 17.6. The Bertz CT molecular complexity index is 1310. The first-order chi connectivity index (χ1) is 17.4. The van der Waals surface area contributed by atoms with Crippen LogP contribution in [0, 0.1) is 18.3 Å². The van der Waals surface area contributed by atoms with Gasteiger partial charge in [-0.25, -0.2) is 0 Å². The first-order valence-electron chi connectivity index (χ1n) is 11.6. The van der Waals surface area contributed by atoms with E-state index >= 15 is 0 Å². The van der Waals surface area contributed by atoms with Gasteiger partial charge in [0, 0.05) is 18.2 Å². The molecule has 0 N–H and O–H groups in total. The van der Waals surface area contributed by atoms with Crippen LogP contribution in [0.2, 0.25) is 0 Å². The molecule has 0 saturated carbocycles. The molecule has 2 atom stereocenters. The first kappa shape index (κ1) is 26.6. The third-order valence-corrected chi connectivity index (χ3v) is 6.15. The van der Waals surface area contributed by atoms with Crippen molar-refractivity contribution < 1.29 is 30.8 Å². The van der Waals surface area contributed by atoms with Crippen molar-refractivity contribution in [3.8, 4) is 23.2 Å². The molecule has 1 saturated heterocycles. The molecule has 193 valence electrons. The average molecular weight is 517 g/mol. The minimum absolute atomic E-state index is 0.0553. The number of nitrogens with zero attached hydrogens (tertiary/aromatic N) is 1. The molecule has 1 aromatic heterocycles. The molecule has 8 heteroatoms. The van der Waals surface area contributed by atoms with Crippen molar-refractivity contribution in [1.29, 1.82) is 0 Å². The molecule has 2 aromatic carbocycles. The monoisotopic (exact) mass is 516 g/mol. The van der Waals surface area contributed by atoms with Gasteiger partial charge in [0.05, 0.1) is 11.1 Å². The van der Waals surface area contributed by atoms with Crippen LogP contribution in [0.25, 0.3) is 11.3 Å². The van der Waals surface area contributed by atoms with Gasteiger partial charge >= 0.3 is 12.4 Å². The Hall–Kier alpha value is -3.44. The van der Waals surface area contributed by atoms with Crippen LogP contribution in [0.15, 0.2) is 77.2 Å². The molecule has 4 rings (SSSR count). The van der Waals surface area contributed by atoms with Crippen molar-refractivity contribution in [1.82, 2.24) is 4.90 Å². The van der Waals surface area contributed by atoms with Crippen LogP contribution < -0.4 is 0 Å². The number of likely N-dealkylation sites (tertiary alicyclic amines) is 1. The molecular weight excluding hydrogens is 492 g/mol. The minimum Gasteiger partial charge on any atom is -0.458 e. The van der Waals surface area contributed by atoms with E-state index in [2.05, 4.69) is 24.8 Å². The Kier molecular flexibility index (Phi) is 7.56. The van der Waals surface area contributed by atoms with E-state index in [9.17, 15) is 26.3 Å². The lowest BCUT2D eigenvalue weighted by atomic mass is 9.92. The van der Waals surface area contributed by atoms with Gasteiger partial charge in [0.2, 0.25) is 0 Å². The van der Waals surface area contributed by atoms with E-state index in [1.54, 1.807) is 13.0 Å². The topological polar surface area (TPSA) is 16.4 Å². The Morgan fingerprint density at radius 3 is 2.32 bits per heavy atom. The zero-order chi connectivity index (χ0) is 26.8. The van der Waals surface area contributed by atoms with E-state index < -0.39 is 29.5 Å². The molecule has 0 unspecified atom stereocenters. The summed E-state index contributed by atoms with van der Waals surface area (Å²) in [6.45, 7) is 6.08. The highest BCUT2D eigenvalue weighted by Crippen LogP contribution is 2.41. The SMILES string of the molecule is C=C(C)C#C[C@H](c1ccc(-c2ccccc2C(F)(F)F)o1)N1CC[CH]C[C@H]1c1ccc(C(F)(F)F)cc1. The number of rotatable bonds is 4. The highest BCUT2D eigenvalue weighted by molar-refractivity contribution is 5.63. The maximum atomic E-state index is 13.6. The van der Waals surface area contributed by atoms with Gasteiger partial charge in [0.25, 0.3) is 0 Å². The van der Waals surface area contributed by atoms with E-state index in [-0.39, 0.29) is 17.4 Å². The van der Waals surface area contributed by atoms with Gasteiger partial charge in [-0.1, -0.05) is 48.8 Å². The van der Waals surface area contributed by atoms with Gasteiger partial charge in [-0.05, 0) is 67.7 Å². The van der Waals surface area contributed by atoms with Crippen molar-refractivity contribution >= 4 is 0 Å². The molecule has 37 heavy (non-hydrogen) atoms. The molecule has 1 aliphatic rings. The van der Waals surface area contributed by atoms with Gasteiger partial charge in [-0.3, -0.25) is 4.90 Å². The molecule has 2 heterocycles. The Morgan fingerprint density at radius 1 is 0.973 bits per heavy atom. The largest absolute Gasteiger partial charge is 0.458 e. The molecule has 1 fully saturated rings. The number of halogens is 6. The van der Waals surface area contributed by atoms with Gasteiger partial charge in [0.15, 0.2) is 0 Å². The Morgan fingerprint density at radius 2 is 1.68 bits per heavy atom. The average Bonchev–Trinajstić information content (AvgIpc) is 3.33. The van der Waals surface area contributed by atoms with Crippen molar-refractivity contribution in [2.75, 3.05) is 6.54 Å². The zero-order valence-electron chi connectivity index (χ0n) is 20.0. The summed E-state index contributed by atoms with van der Waals surface area (Å²) < 4.78 is 86.0. The van der Waals surface area contributed by atoms with Crippen molar-refractivity contribution in [3.63, 3.8) is 0 Å².